The molecule has 2 fully saturated rings. The molecule has 2 N–H and O–H groups in total. The Kier molecular flexibility index (Phi) is 6.45. The molecule has 1 aliphatic carbocycles. The number of rotatable bonds is 5. The maximum Gasteiger partial charge on any atom is 0.256 e. The number of carbonyl (C=O) groups excluding carboxylic acids is 1. The second-order valence-corrected chi connectivity index (χ2v) is 10.5. The topological polar surface area (TPSA) is 90.3 Å². The summed E-state index contributed by atoms with van der Waals surface area (Å²) in [5, 5.41) is 15.7. The number of nitrogens with zero attached hydrogens (tertiary/aromatic N) is 3. The van der Waals surface area contributed by atoms with Gasteiger partial charge in [0.2, 0.25) is 0 Å². The van der Waals surface area contributed by atoms with E-state index in [2.05, 4.69) is 15.6 Å². The van der Waals surface area contributed by atoms with E-state index >= 15 is 0 Å². The summed E-state index contributed by atoms with van der Waals surface area (Å²) in [7, 11) is 0. The summed E-state index contributed by atoms with van der Waals surface area (Å²) in [5.41, 5.74) is -0.576. The molecule has 9 heteroatoms. The summed E-state index contributed by atoms with van der Waals surface area (Å²) < 4.78 is 21.1. The van der Waals surface area contributed by atoms with Crippen molar-refractivity contribution < 1.29 is 13.9 Å². The summed E-state index contributed by atoms with van der Waals surface area (Å²) in [6.07, 6.45) is 1.07. The fraction of sp³-hybridized carbons (Fsp3) is 0.480. The molecule has 7 nitrogen and oxygen atoms in total. The molecule has 34 heavy (non-hydrogen) atoms. The number of halogens is 2. The zero-order chi connectivity index (χ0) is 24.7. The zero-order valence-corrected chi connectivity index (χ0v) is 20.5. The molecule has 2 heterocycles. The number of pyridine rings is 1. The molecule has 180 valence electrons. The molecule has 1 aromatic carbocycles. The Hall–Kier alpha value is -2.89. The van der Waals surface area contributed by atoms with Gasteiger partial charge in [0.15, 0.2) is 0 Å². The molecule has 1 saturated carbocycles. The van der Waals surface area contributed by atoms with Gasteiger partial charge in [-0.25, -0.2) is 9.37 Å². The van der Waals surface area contributed by atoms with Crippen molar-refractivity contribution in [3.8, 4) is 11.8 Å². The van der Waals surface area contributed by atoms with Crippen LogP contribution < -0.4 is 20.3 Å². The van der Waals surface area contributed by atoms with Crippen LogP contribution in [0.4, 0.5) is 10.2 Å². The smallest absolute Gasteiger partial charge is 0.256 e. The second-order valence-electron chi connectivity index (χ2n) is 10.1. The van der Waals surface area contributed by atoms with E-state index in [1.54, 1.807) is 18.2 Å². The lowest BCUT2D eigenvalue weighted by Gasteiger charge is -2.63. The molecule has 0 spiro atoms. The average Bonchev–Trinajstić information content (AvgIpc) is 2.81. The fourth-order valence-electron chi connectivity index (χ4n) is 5.46. The van der Waals surface area contributed by atoms with E-state index in [9.17, 15) is 9.18 Å². The number of carbonyl (C=O) groups is 1. The van der Waals surface area contributed by atoms with E-state index in [4.69, 9.17) is 21.6 Å². The van der Waals surface area contributed by atoms with E-state index in [1.807, 2.05) is 38.7 Å². The summed E-state index contributed by atoms with van der Waals surface area (Å²) in [4.78, 5) is 19.3. The predicted octanol–water partition coefficient (Wildman–Crippen LogP) is 3.77. The molecular formula is C25H29ClFN5O2. The molecule has 1 aromatic heterocycles. The van der Waals surface area contributed by atoms with Crippen molar-refractivity contribution in [2.45, 2.75) is 39.8 Å². The highest BCUT2D eigenvalue weighted by Crippen LogP contribution is 2.55. The first-order valence-electron chi connectivity index (χ1n) is 11.3. The Balaban J connectivity index is 1.47. The zero-order valence-electron chi connectivity index (χ0n) is 19.8. The number of aromatic nitrogens is 1. The van der Waals surface area contributed by atoms with Gasteiger partial charge in [-0.3, -0.25) is 4.79 Å². The molecule has 0 radical (unpaired) electrons. The molecule has 0 unspecified atom stereocenters. The molecule has 4 rings (SSSR count). The maximum atomic E-state index is 14.9. The lowest BCUT2D eigenvalue weighted by Crippen LogP contribution is -2.74. The molecular weight excluding hydrogens is 457 g/mol. The number of nitriles is 1. The van der Waals surface area contributed by atoms with Crippen molar-refractivity contribution in [1.29, 1.82) is 5.26 Å². The van der Waals surface area contributed by atoms with Crippen molar-refractivity contribution in [2.24, 2.45) is 10.8 Å². The Morgan fingerprint density at radius 1 is 1.26 bits per heavy atom. The standard InChI is InChI=1S/C25H29ClFN5O2/c1-24(2)22(25(3,4)23(24)34-16-6-5-15(13-28)18(26)11-16)31-21(33)17-14-30-20(12-19(17)27)32-9-7-29-8-10-32/h5-6,11-12,14,22-23,29H,7-10H2,1-4H3,(H,31,33)/t22-,23-. The van der Waals surface area contributed by atoms with Crippen LogP contribution in [0.2, 0.25) is 5.02 Å². The lowest BCUT2D eigenvalue weighted by atomic mass is 9.49. The fourth-order valence-corrected chi connectivity index (χ4v) is 5.67. The lowest BCUT2D eigenvalue weighted by molar-refractivity contribution is -0.164. The van der Waals surface area contributed by atoms with Gasteiger partial charge >= 0.3 is 0 Å². The number of ether oxygens (including phenoxy) is 1. The summed E-state index contributed by atoms with van der Waals surface area (Å²) >= 11 is 6.15. The number of anilines is 1. The van der Waals surface area contributed by atoms with E-state index in [0.29, 0.717) is 22.2 Å². The Bertz CT molecular complexity index is 1120. The highest BCUT2D eigenvalue weighted by atomic mass is 35.5. The Morgan fingerprint density at radius 2 is 1.94 bits per heavy atom. The molecule has 0 atom stereocenters. The van der Waals surface area contributed by atoms with Gasteiger partial charge in [-0.1, -0.05) is 39.3 Å². The number of benzene rings is 1. The van der Waals surface area contributed by atoms with Gasteiger partial charge in [0.1, 0.15) is 29.6 Å². The maximum absolute atomic E-state index is 14.9. The summed E-state index contributed by atoms with van der Waals surface area (Å²) in [6.45, 7) is 11.1. The molecule has 1 saturated heterocycles. The van der Waals surface area contributed by atoms with Gasteiger partial charge in [0.25, 0.3) is 5.91 Å². The highest BCUT2D eigenvalue weighted by molar-refractivity contribution is 6.31. The average molecular weight is 486 g/mol. The minimum Gasteiger partial charge on any atom is -0.489 e. The minimum absolute atomic E-state index is 0.0753. The monoisotopic (exact) mass is 485 g/mol. The van der Waals surface area contributed by atoms with Crippen molar-refractivity contribution >= 4 is 23.3 Å². The summed E-state index contributed by atoms with van der Waals surface area (Å²) in [5.74, 6) is 0.00642. The van der Waals surface area contributed by atoms with Crippen LogP contribution in [0.1, 0.15) is 43.6 Å². The van der Waals surface area contributed by atoms with Crippen LogP contribution in [0.15, 0.2) is 30.5 Å². The number of amides is 1. The summed E-state index contributed by atoms with van der Waals surface area (Å²) in [6, 6.07) is 8.05. The second kappa shape index (κ2) is 9.05. The van der Waals surface area contributed by atoms with Gasteiger partial charge in [0, 0.05) is 61.4 Å². The number of piperazine rings is 1. The molecule has 1 aliphatic heterocycles. The van der Waals surface area contributed by atoms with Crippen LogP contribution in [-0.2, 0) is 0 Å². The van der Waals surface area contributed by atoms with Gasteiger partial charge < -0.3 is 20.3 Å². The van der Waals surface area contributed by atoms with Gasteiger partial charge in [0.05, 0.1) is 16.1 Å². The van der Waals surface area contributed by atoms with Crippen molar-refractivity contribution in [1.82, 2.24) is 15.6 Å². The first-order valence-corrected chi connectivity index (χ1v) is 11.7. The molecule has 0 bridgehead atoms. The third kappa shape index (κ3) is 4.30. The van der Waals surface area contributed by atoms with Gasteiger partial charge in [-0.2, -0.15) is 5.26 Å². The number of hydrogen-bond acceptors (Lipinski definition) is 6. The van der Waals surface area contributed by atoms with Crippen LogP contribution >= 0.6 is 11.6 Å². The van der Waals surface area contributed by atoms with Crippen LogP contribution in [0, 0.1) is 28.0 Å². The Labute approximate surface area is 204 Å². The molecule has 2 aliphatic rings. The van der Waals surface area contributed by atoms with Crippen LogP contribution in [0.5, 0.6) is 5.75 Å². The minimum atomic E-state index is -0.587. The molecule has 1 amide bonds. The third-order valence-electron chi connectivity index (χ3n) is 6.95. The van der Waals surface area contributed by atoms with Gasteiger partial charge in [-0.05, 0) is 12.1 Å². The van der Waals surface area contributed by atoms with E-state index < -0.39 is 22.6 Å². The van der Waals surface area contributed by atoms with Crippen molar-refractivity contribution in [3.05, 3.63) is 52.4 Å². The molecule has 2 aromatic rings. The Morgan fingerprint density at radius 3 is 2.53 bits per heavy atom. The largest absolute Gasteiger partial charge is 0.489 e. The van der Waals surface area contributed by atoms with Crippen LogP contribution in [0.3, 0.4) is 0 Å². The normalized spacial score (nSPS) is 22.9. The first kappa shape index (κ1) is 24.2. The SMILES string of the molecule is CC1(C)[C@H](NC(=O)c2cnc(N3CCNCC3)cc2F)C(C)(C)[C@H]1Oc1ccc(C#N)c(Cl)c1. The van der Waals surface area contributed by atoms with E-state index in [0.717, 1.165) is 26.2 Å². The quantitative estimate of drug-likeness (QED) is 0.670. The highest BCUT2D eigenvalue weighted by Gasteiger charge is 2.64. The van der Waals surface area contributed by atoms with E-state index in [1.165, 1.54) is 12.3 Å². The first-order chi connectivity index (χ1) is 16.1. The van der Waals surface area contributed by atoms with Crippen molar-refractivity contribution in [2.75, 3.05) is 31.1 Å². The number of nitrogens with one attached hydrogen (secondary N) is 2. The van der Waals surface area contributed by atoms with Gasteiger partial charge in [-0.15, -0.1) is 0 Å². The van der Waals surface area contributed by atoms with Crippen LogP contribution in [0.25, 0.3) is 0 Å². The van der Waals surface area contributed by atoms with Crippen molar-refractivity contribution in [3.63, 3.8) is 0 Å². The number of hydrogen-bond donors (Lipinski definition) is 2. The van der Waals surface area contributed by atoms with Crippen LogP contribution in [-0.4, -0.2) is 49.2 Å². The van der Waals surface area contributed by atoms with E-state index in [-0.39, 0.29) is 17.7 Å². The third-order valence-corrected chi connectivity index (χ3v) is 7.27. The predicted molar refractivity (Wildman–Crippen MR) is 129 cm³/mol.